The molecule has 114 valence electrons. The number of thioether (sulfide) groups is 1. The van der Waals surface area contributed by atoms with Gasteiger partial charge in [0.1, 0.15) is 28.8 Å². The fourth-order valence-electron chi connectivity index (χ4n) is 1.63. The summed E-state index contributed by atoms with van der Waals surface area (Å²) < 4.78 is 56.8. The zero-order valence-corrected chi connectivity index (χ0v) is 12.9. The first-order valence-electron chi connectivity index (χ1n) is 5.81. The van der Waals surface area contributed by atoms with Gasteiger partial charge in [-0.25, -0.2) is 8.78 Å². The zero-order valence-electron chi connectivity index (χ0n) is 10.5. The summed E-state index contributed by atoms with van der Waals surface area (Å²) in [4.78, 5) is 0. The third-order valence-corrected chi connectivity index (χ3v) is 3.68. The van der Waals surface area contributed by atoms with E-state index in [1.165, 1.54) is 0 Å². The molecule has 0 unspecified atom stereocenters. The van der Waals surface area contributed by atoms with Gasteiger partial charge in [0.2, 0.25) is 0 Å². The minimum atomic E-state index is -2.47. The Morgan fingerprint density at radius 3 is 2.38 bits per heavy atom. The fourth-order valence-corrected chi connectivity index (χ4v) is 2.47. The first-order chi connectivity index (χ1) is 9.95. The van der Waals surface area contributed by atoms with Gasteiger partial charge in [-0.15, -0.1) is 0 Å². The molecule has 0 aliphatic rings. The Bertz CT molecular complexity index is 597. The van der Waals surface area contributed by atoms with Gasteiger partial charge in [-0.1, -0.05) is 27.7 Å². The van der Waals surface area contributed by atoms with Gasteiger partial charge < -0.3 is 9.73 Å². The number of benzene rings is 1. The van der Waals surface area contributed by atoms with Crippen LogP contribution < -0.4 is 5.32 Å². The van der Waals surface area contributed by atoms with Gasteiger partial charge in [-0.05, 0) is 24.3 Å². The van der Waals surface area contributed by atoms with Gasteiger partial charge >= 0.3 is 0 Å². The Kier molecular flexibility index (Phi) is 5.58. The molecule has 0 aliphatic heterocycles. The van der Waals surface area contributed by atoms with Gasteiger partial charge in [0.25, 0.3) is 5.76 Å². The van der Waals surface area contributed by atoms with Crippen molar-refractivity contribution in [3.8, 4) is 0 Å². The molecule has 2 rings (SSSR count). The third kappa shape index (κ3) is 4.67. The highest BCUT2D eigenvalue weighted by Gasteiger charge is 2.12. The number of alkyl halides is 2. The van der Waals surface area contributed by atoms with Crippen molar-refractivity contribution < 1.29 is 22.0 Å². The van der Waals surface area contributed by atoms with Gasteiger partial charge in [0.05, 0.1) is 12.3 Å². The molecule has 0 saturated heterocycles. The third-order valence-electron chi connectivity index (χ3n) is 2.52. The van der Waals surface area contributed by atoms with Crippen molar-refractivity contribution in [1.29, 1.82) is 0 Å². The van der Waals surface area contributed by atoms with Crippen LogP contribution in [0, 0.1) is 11.6 Å². The monoisotopic (exact) mass is 383 g/mol. The first kappa shape index (κ1) is 16.2. The second kappa shape index (κ2) is 7.22. The van der Waals surface area contributed by atoms with E-state index in [1.807, 2.05) is 0 Å². The van der Waals surface area contributed by atoms with E-state index in [1.54, 1.807) is 12.1 Å². The summed E-state index contributed by atoms with van der Waals surface area (Å²) in [5, 5.41) is 2.58. The number of hydrogen-bond acceptors (Lipinski definition) is 3. The van der Waals surface area contributed by atoms with Crippen molar-refractivity contribution in [1.82, 2.24) is 0 Å². The second-order valence-electron chi connectivity index (χ2n) is 4.04. The Morgan fingerprint density at radius 1 is 1.14 bits per heavy atom. The lowest BCUT2D eigenvalue weighted by Gasteiger charge is -2.07. The molecular weight excluding hydrogens is 374 g/mol. The molecule has 8 heteroatoms. The minimum absolute atomic E-state index is 0.0403. The summed E-state index contributed by atoms with van der Waals surface area (Å²) in [5.41, 5.74) is -0.266. The Balaban J connectivity index is 1.97. The van der Waals surface area contributed by atoms with Crippen LogP contribution in [0.1, 0.15) is 11.5 Å². The van der Waals surface area contributed by atoms with Gasteiger partial charge in [-0.3, -0.25) is 0 Å². The average molecular weight is 384 g/mol. The number of furan rings is 1. The molecule has 0 spiro atoms. The Hall–Kier alpha value is -1.15. The van der Waals surface area contributed by atoms with Crippen LogP contribution in [0.5, 0.6) is 0 Å². The van der Waals surface area contributed by atoms with E-state index in [0.29, 0.717) is 27.8 Å². The largest absolute Gasteiger partial charge is 0.463 e. The normalized spacial score (nSPS) is 11.1. The number of halogens is 5. The maximum absolute atomic E-state index is 13.6. The number of nitrogens with one attached hydrogen (secondary N) is 1. The number of rotatable bonds is 6. The molecule has 1 aromatic heterocycles. The highest BCUT2D eigenvalue weighted by atomic mass is 79.9. The van der Waals surface area contributed by atoms with Gasteiger partial charge in [-0.2, -0.15) is 8.78 Å². The molecule has 0 amide bonds. The Labute approximate surface area is 131 Å². The minimum Gasteiger partial charge on any atom is -0.463 e. The summed E-state index contributed by atoms with van der Waals surface area (Å²) >= 11 is 3.43. The van der Waals surface area contributed by atoms with Crippen molar-refractivity contribution in [3.63, 3.8) is 0 Å². The standard InChI is InChI=1S/C13H10BrF4NOS/c14-7-3-10(15)12(11(16)4-7)19-5-8-1-2-9(20-8)6-21-13(17)18/h1-4,13,19H,5-6H2. The molecule has 0 fully saturated rings. The maximum atomic E-state index is 13.6. The average Bonchev–Trinajstić information content (AvgIpc) is 2.83. The van der Waals surface area contributed by atoms with E-state index in [0.717, 1.165) is 12.1 Å². The van der Waals surface area contributed by atoms with Gasteiger partial charge in [0, 0.05) is 4.47 Å². The highest BCUT2D eigenvalue weighted by molar-refractivity contribution is 9.10. The van der Waals surface area contributed by atoms with E-state index in [9.17, 15) is 17.6 Å². The fraction of sp³-hybridized carbons (Fsp3) is 0.231. The summed E-state index contributed by atoms with van der Waals surface area (Å²) in [6.07, 6.45) is 0. The smallest absolute Gasteiger partial charge is 0.284 e. The van der Waals surface area contributed by atoms with E-state index >= 15 is 0 Å². The predicted molar refractivity (Wildman–Crippen MR) is 77.4 cm³/mol. The highest BCUT2D eigenvalue weighted by Crippen LogP contribution is 2.25. The SMILES string of the molecule is Fc1cc(Br)cc(F)c1NCc1ccc(CSC(F)F)o1. The lowest BCUT2D eigenvalue weighted by atomic mass is 10.3. The maximum Gasteiger partial charge on any atom is 0.284 e. The molecule has 0 saturated carbocycles. The molecular formula is C13H10BrF4NOS. The molecule has 2 nitrogen and oxygen atoms in total. The molecule has 21 heavy (non-hydrogen) atoms. The van der Waals surface area contributed by atoms with Crippen LogP contribution >= 0.6 is 27.7 Å². The van der Waals surface area contributed by atoms with Crippen LogP contribution in [0.4, 0.5) is 23.2 Å². The predicted octanol–water partition coefficient (Wildman–Crippen LogP) is 5.39. The molecule has 0 aliphatic carbocycles. The molecule has 2 aromatic rings. The van der Waals surface area contributed by atoms with E-state index < -0.39 is 17.4 Å². The topological polar surface area (TPSA) is 25.2 Å². The van der Waals surface area contributed by atoms with Gasteiger partial charge in [0.15, 0.2) is 0 Å². The van der Waals surface area contributed by atoms with Crippen LogP contribution in [0.15, 0.2) is 33.2 Å². The summed E-state index contributed by atoms with van der Waals surface area (Å²) in [7, 11) is 0. The summed E-state index contributed by atoms with van der Waals surface area (Å²) in [6, 6.07) is 5.40. The van der Waals surface area contributed by atoms with Crippen LogP contribution in [0.2, 0.25) is 0 Å². The van der Waals surface area contributed by atoms with Crippen molar-refractivity contribution >= 4 is 33.4 Å². The molecule has 0 bridgehead atoms. The van der Waals surface area contributed by atoms with E-state index in [2.05, 4.69) is 21.2 Å². The lowest BCUT2D eigenvalue weighted by Crippen LogP contribution is -2.03. The molecule has 0 atom stereocenters. The molecule has 1 aromatic carbocycles. The second-order valence-corrected chi connectivity index (χ2v) is 5.93. The molecule has 1 heterocycles. The van der Waals surface area contributed by atoms with Crippen LogP contribution in [0.25, 0.3) is 0 Å². The van der Waals surface area contributed by atoms with E-state index in [4.69, 9.17) is 4.42 Å². The van der Waals surface area contributed by atoms with Crippen LogP contribution in [-0.2, 0) is 12.3 Å². The van der Waals surface area contributed by atoms with Crippen LogP contribution in [0.3, 0.4) is 0 Å². The summed E-state index contributed by atoms with van der Waals surface area (Å²) in [5.74, 6) is -3.11. The lowest BCUT2D eigenvalue weighted by molar-refractivity contribution is 0.251. The van der Waals surface area contributed by atoms with Crippen molar-refractivity contribution in [2.24, 2.45) is 0 Å². The first-order valence-corrected chi connectivity index (χ1v) is 7.65. The van der Waals surface area contributed by atoms with E-state index in [-0.39, 0.29) is 18.0 Å². The number of hydrogen-bond donors (Lipinski definition) is 1. The molecule has 1 N–H and O–H groups in total. The quantitative estimate of drug-likeness (QED) is 0.677. The summed E-state index contributed by atoms with van der Waals surface area (Å²) in [6.45, 7) is 0.0504. The van der Waals surface area contributed by atoms with Crippen molar-refractivity contribution in [2.75, 3.05) is 5.32 Å². The number of anilines is 1. The van der Waals surface area contributed by atoms with Crippen LogP contribution in [-0.4, -0.2) is 5.76 Å². The Morgan fingerprint density at radius 2 is 1.76 bits per heavy atom. The van der Waals surface area contributed by atoms with Crippen molar-refractivity contribution in [2.45, 2.75) is 18.1 Å². The molecule has 0 radical (unpaired) electrons. The van der Waals surface area contributed by atoms with Crippen molar-refractivity contribution in [3.05, 3.63) is 51.9 Å². The zero-order chi connectivity index (χ0) is 15.4.